The van der Waals surface area contributed by atoms with Gasteiger partial charge >= 0.3 is 23.0 Å². The summed E-state index contributed by atoms with van der Waals surface area (Å²) in [5, 5.41) is 14.2. The summed E-state index contributed by atoms with van der Waals surface area (Å²) in [5.41, 5.74) is 1.80. The Labute approximate surface area is 286 Å². The molecular formula is C24H38N7O9P6S+3. The highest BCUT2D eigenvalue weighted by molar-refractivity contribution is 8.02. The number of hydrogen-bond donors (Lipinski definition) is 4. The Kier molecular flexibility index (Phi) is 19.6. The van der Waals surface area contributed by atoms with Gasteiger partial charge in [-0.05, 0) is 58.9 Å². The quantitative estimate of drug-likeness (QED) is 0.0551. The van der Waals surface area contributed by atoms with E-state index in [1.165, 1.54) is 33.3 Å². The van der Waals surface area contributed by atoms with Crippen molar-refractivity contribution in [2.45, 2.75) is 6.42 Å². The second-order valence-electron chi connectivity index (χ2n) is 9.03. The molecule has 23 heteroatoms. The zero-order chi connectivity index (χ0) is 34.7. The molecule has 256 valence electrons. The molecule has 2 aromatic carbocycles. The molecule has 2 aromatic rings. The maximum atomic E-state index is 12.7. The van der Waals surface area contributed by atoms with Crippen molar-refractivity contribution < 1.29 is 42.0 Å². The van der Waals surface area contributed by atoms with Gasteiger partial charge in [-0.3, -0.25) is 14.5 Å². The van der Waals surface area contributed by atoms with E-state index in [0.717, 1.165) is 11.1 Å². The summed E-state index contributed by atoms with van der Waals surface area (Å²) in [4.78, 5) is 44.3. The first kappa shape index (κ1) is 41.6. The molecule has 0 heterocycles. The number of nitrogens with one attached hydrogen (secondary N) is 2. The third-order valence-corrected chi connectivity index (χ3v) is 13.5. The van der Waals surface area contributed by atoms with Crippen LogP contribution in [0.1, 0.15) is 11.1 Å². The van der Waals surface area contributed by atoms with Crippen LogP contribution in [-0.4, -0.2) is 92.7 Å². The van der Waals surface area contributed by atoms with Gasteiger partial charge in [-0.2, -0.15) is 32.4 Å². The summed E-state index contributed by atoms with van der Waals surface area (Å²) in [7, 11) is 0.386. The van der Waals surface area contributed by atoms with Gasteiger partial charge in [0.1, 0.15) is 0 Å². The summed E-state index contributed by atoms with van der Waals surface area (Å²) in [6, 6.07) is 14.6. The number of carbonyl (C=O) groups excluding carboxylic acids is 1. The third-order valence-electron chi connectivity index (χ3n) is 5.91. The van der Waals surface area contributed by atoms with Crippen molar-refractivity contribution in [2.24, 2.45) is 14.5 Å². The molecule has 47 heavy (non-hydrogen) atoms. The minimum absolute atomic E-state index is 0.138. The fourth-order valence-electron chi connectivity index (χ4n) is 3.43. The average molecular weight is 787 g/mol. The molecule has 2 rings (SSSR count). The molecule has 0 aliphatic carbocycles. The molecular weight excluding hydrogens is 748 g/mol. The van der Waals surface area contributed by atoms with Gasteiger partial charge in [-0.25, -0.2) is 4.90 Å². The van der Waals surface area contributed by atoms with Crippen LogP contribution in [0.3, 0.4) is 0 Å². The van der Waals surface area contributed by atoms with E-state index >= 15 is 0 Å². The smallest absolute Gasteiger partial charge is 0.355 e. The Morgan fingerprint density at radius 2 is 1.57 bits per heavy atom. The highest BCUT2D eigenvalue weighted by atomic mass is 32.4. The lowest BCUT2D eigenvalue weighted by molar-refractivity contribution is -0.121. The van der Waals surface area contributed by atoms with E-state index in [4.69, 9.17) is 44.4 Å². The Balaban J connectivity index is 1.84. The lowest BCUT2D eigenvalue weighted by atomic mass is 10.1. The molecule has 0 saturated heterocycles. The molecule has 0 radical (unpaired) electrons. The first-order chi connectivity index (χ1) is 22.5. The minimum Gasteiger partial charge on any atom is -0.355 e. The van der Waals surface area contributed by atoms with Gasteiger partial charge in [0.05, 0.1) is 64.4 Å². The maximum Gasteiger partial charge on any atom is 0.540 e. The molecule has 1 atom stereocenters. The van der Waals surface area contributed by atoms with Gasteiger partial charge in [-0.1, -0.05) is 16.9 Å². The number of carbonyl (C=O) groups is 1. The predicted molar refractivity (Wildman–Crippen MR) is 192 cm³/mol. The van der Waals surface area contributed by atoms with Crippen LogP contribution in [0.5, 0.6) is 11.5 Å². The second kappa shape index (κ2) is 22.2. The third kappa shape index (κ3) is 16.1. The Hall–Kier alpha value is -1.62. The number of hydrazone groups is 1. The molecule has 0 aromatic heterocycles. The van der Waals surface area contributed by atoms with Crippen LogP contribution < -0.4 is 14.7 Å². The Morgan fingerprint density at radius 1 is 1.00 bits per heavy atom. The number of hydrogen-bond acceptors (Lipinski definition) is 14. The van der Waals surface area contributed by atoms with Crippen LogP contribution in [0, 0.1) is 5.16 Å². The van der Waals surface area contributed by atoms with Gasteiger partial charge in [0.2, 0.25) is 26.2 Å². The van der Waals surface area contributed by atoms with Gasteiger partial charge in [0.25, 0.3) is 0 Å². The standard InChI is InChI=1S/C24H37N7O9P6S/c1-30(27-16-21-8-10-22(11-9-21)39-28-42-29-43-41-25)44(47)40-23-12-6-20(7-13-23)14-15-26-24(32)17-31(18-45(33,35-2)36-3)19-46(34,37-4)38-5/h6-13,16,25,33-34H,14-15,17-19H2,1-5H3/q+2/p+1. The number of nitrogens with zero attached hydrogens (tertiary/aromatic N) is 5. The molecule has 0 bridgehead atoms. The monoisotopic (exact) mass is 786 g/mol. The largest absolute Gasteiger partial charge is 0.540 e. The van der Waals surface area contributed by atoms with Crippen molar-refractivity contribution in [1.82, 2.24) is 15.0 Å². The van der Waals surface area contributed by atoms with E-state index in [0.29, 0.717) is 49.1 Å². The van der Waals surface area contributed by atoms with Crippen molar-refractivity contribution in [3.63, 3.8) is 0 Å². The number of benzene rings is 2. The van der Waals surface area contributed by atoms with Crippen LogP contribution >= 0.6 is 47.6 Å². The zero-order valence-corrected chi connectivity index (χ0v) is 32.5. The Bertz CT molecular complexity index is 1350. The lowest BCUT2D eigenvalue weighted by Gasteiger charge is -2.25. The minimum atomic E-state index is -3.27. The Morgan fingerprint density at radius 3 is 2.13 bits per heavy atom. The molecule has 0 fully saturated rings. The average Bonchev–Trinajstić information content (AvgIpc) is 3.08. The number of amides is 1. The van der Waals surface area contributed by atoms with Crippen LogP contribution in [0.15, 0.2) is 63.1 Å². The fourth-order valence-corrected chi connectivity index (χ4v) is 7.94. The lowest BCUT2D eigenvalue weighted by Crippen LogP contribution is -2.40. The van der Waals surface area contributed by atoms with E-state index in [1.54, 1.807) is 42.3 Å². The molecule has 0 spiro atoms. The molecule has 0 aliphatic rings. The van der Waals surface area contributed by atoms with Gasteiger partial charge in [0, 0.05) is 6.54 Å². The van der Waals surface area contributed by atoms with Crippen LogP contribution in [0.25, 0.3) is 0 Å². The van der Waals surface area contributed by atoms with Crippen molar-refractivity contribution >= 4 is 71.5 Å². The first-order valence-corrected chi connectivity index (χ1v) is 22.4. The number of rotatable bonds is 22. The predicted octanol–water partition coefficient (Wildman–Crippen LogP) is 6.87. The van der Waals surface area contributed by atoms with E-state index < -0.39 is 23.0 Å². The van der Waals surface area contributed by atoms with Crippen molar-refractivity contribution in [3.8, 4) is 11.5 Å². The molecule has 1 unspecified atom stereocenters. The van der Waals surface area contributed by atoms with E-state index in [9.17, 15) is 14.6 Å². The van der Waals surface area contributed by atoms with Crippen LogP contribution in [-0.2, 0) is 41.1 Å². The summed E-state index contributed by atoms with van der Waals surface area (Å²) in [5.74, 6) is 0.823. The molecule has 16 nitrogen and oxygen atoms in total. The van der Waals surface area contributed by atoms with E-state index in [-0.39, 0.29) is 25.0 Å². The highest BCUT2D eigenvalue weighted by Crippen LogP contribution is 2.59. The summed E-state index contributed by atoms with van der Waals surface area (Å²) in [6.07, 6.45) is 1.94. The van der Waals surface area contributed by atoms with Gasteiger partial charge in [-0.15, -0.1) is 5.10 Å². The second-order valence-corrected chi connectivity index (χ2v) is 18.4. The summed E-state index contributed by atoms with van der Waals surface area (Å²) >= 11 is 5.51. The molecule has 0 aliphatic heterocycles. The molecule has 0 saturated carbocycles. The van der Waals surface area contributed by atoms with Crippen molar-refractivity contribution in [1.29, 1.82) is 5.16 Å². The summed E-state index contributed by atoms with van der Waals surface area (Å²) < 4.78 is 31.8. The van der Waals surface area contributed by atoms with E-state index in [1.807, 2.05) is 24.3 Å². The fraction of sp³-hybridized carbons (Fsp3) is 0.417. The normalized spacial score (nSPS) is 12.8. The van der Waals surface area contributed by atoms with Gasteiger partial charge < -0.3 is 10.2 Å². The maximum absolute atomic E-state index is 12.7. The zero-order valence-electron chi connectivity index (χ0n) is 26.3. The molecule has 4 N–H and O–H groups in total. The van der Waals surface area contributed by atoms with Crippen molar-refractivity contribution in [2.75, 3.05) is 61.1 Å². The highest BCUT2D eigenvalue weighted by Gasteiger charge is 2.47. The molecule has 1 amide bonds. The topological polar surface area (TPSA) is 192 Å². The van der Waals surface area contributed by atoms with E-state index in [2.05, 4.69) is 19.8 Å². The van der Waals surface area contributed by atoms with Crippen LogP contribution in [0.2, 0.25) is 0 Å². The van der Waals surface area contributed by atoms with Crippen molar-refractivity contribution in [3.05, 3.63) is 59.7 Å². The summed E-state index contributed by atoms with van der Waals surface area (Å²) in [6.45, 7) is 0.194. The van der Waals surface area contributed by atoms with Gasteiger partial charge in [0.15, 0.2) is 24.1 Å². The first-order valence-electron chi connectivity index (χ1n) is 13.4. The van der Waals surface area contributed by atoms with Crippen LogP contribution in [0.4, 0.5) is 0 Å². The SMILES string of the molecule is CO[P+](O)(CN(CC(=O)NCCc1ccc(O[P+](=S)N(C)N=Cc2ccc(ON=PN=PP=N)cc2)cc1)C[P+](O)(OC)OC)OC.